The Hall–Kier alpha value is -0.545. The molecule has 1 aromatic carbocycles. The van der Waals surface area contributed by atoms with Crippen molar-refractivity contribution in [3.05, 3.63) is 29.3 Å². The van der Waals surface area contributed by atoms with E-state index in [1.165, 1.54) is 0 Å². The summed E-state index contributed by atoms with van der Waals surface area (Å²) in [6.45, 7) is 0.396. The maximum Gasteiger partial charge on any atom is 0.491 e. The number of benzene rings is 1. The second-order valence-corrected chi connectivity index (χ2v) is 3.29. The molecule has 2 N–H and O–H groups in total. The topological polar surface area (TPSA) is 49.7 Å². The van der Waals surface area contributed by atoms with Crippen molar-refractivity contribution in [1.82, 2.24) is 0 Å². The highest BCUT2D eigenvalue weighted by Crippen LogP contribution is 2.04. The highest BCUT2D eigenvalue weighted by molar-refractivity contribution is 6.60. The van der Waals surface area contributed by atoms with Crippen molar-refractivity contribution >= 4 is 24.2 Å². The van der Waals surface area contributed by atoms with Crippen LogP contribution >= 0.6 is 11.6 Å². The lowest BCUT2D eigenvalue weighted by molar-refractivity contribution is 0.216. The molecule has 1 rings (SSSR count). The molecule has 0 fully saturated rings. The van der Waals surface area contributed by atoms with Crippen LogP contribution in [0.1, 0.15) is 6.42 Å². The average molecular weight is 214 g/mol. The number of hydrogen-bond donors (Lipinski definition) is 2. The summed E-state index contributed by atoms with van der Waals surface area (Å²) in [5, 5.41) is 18.6. The van der Waals surface area contributed by atoms with E-state index >= 15 is 0 Å². The Bertz CT molecular complexity index is 265. The smallest absolute Gasteiger partial charge is 0.423 e. The van der Waals surface area contributed by atoms with Crippen LogP contribution in [-0.4, -0.2) is 30.5 Å². The summed E-state index contributed by atoms with van der Waals surface area (Å²) in [6.07, 6.45) is 0.519. The molecular formula is C9H12BClO3. The fourth-order valence-corrected chi connectivity index (χ4v) is 1.11. The van der Waals surface area contributed by atoms with Gasteiger partial charge in [-0.15, -0.1) is 0 Å². The molecule has 0 aromatic heterocycles. The Morgan fingerprint density at radius 1 is 1.29 bits per heavy atom. The molecule has 0 aliphatic rings. The third-order valence-electron chi connectivity index (χ3n) is 1.73. The van der Waals surface area contributed by atoms with E-state index in [4.69, 9.17) is 21.4 Å². The van der Waals surface area contributed by atoms with E-state index < -0.39 is 7.12 Å². The summed E-state index contributed by atoms with van der Waals surface area (Å²) in [6, 6.07) is 6.78. The maximum atomic E-state index is 9.49. The van der Waals surface area contributed by atoms with E-state index in [1.807, 2.05) is 0 Å². The first kappa shape index (κ1) is 11.5. The number of halogens is 1. The Morgan fingerprint density at radius 2 is 1.93 bits per heavy atom. The Balaban J connectivity index is 2.43. The molecule has 0 bridgehead atoms. The van der Waals surface area contributed by atoms with Gasteiger partial charge in [-0.05, 0) is 24.0 Å². The first-order valence-electron chi connectivity index (χ1n) is 4.40. The molecule has 0 heterocycles. The molecule has 0 saturated heterocycles. The summed E-state index contributed by atoms with van der Waals surface area (Å²) >= 11 is 5.69. The van der Waals surface area contributed by atoms with Gasteiger partial charge in [0.1, 0.15) is 0 Å². The van der Waals surface area contributed by atoms with Crippen LogP contribution < -0.4 is 5.46 Å². The molecule has 0 unspecified atom stereocenters. The fourth-order valence-electron chi connectivity index (χ4n) is 0.983. The van der Waals surface area contributed by atoms with Crippen molar-refractivity contribution in [2.24, 2.45) is 0 Å². The third kappa shape index (κ3) is 3.68. The van der Waals surface area contributed by atoms with Crippen molar-refractivity contribution in [2.75, 3.05) is 13.2 Å². The zero-order valence-corrected chi connectivity index (χ0v) is 8.44. The fraction of sp³-hybridized carbons (Fsp3) is 0.333. The van der Waals surface area contributed by atoms with E-state index in [9.17, 15) is 5.02 Å². The highest BCUT2D eigenvalue weighted by atomic mass is 35.5. The van der Waals surface area contributed by atoms with E-state index in [0.29, 0.717) is 23.5 Å². The van der Waals surface area contributed by atoms with Crippen LogP contribution in [0.3, 0.4) is 0 Å². The van der Waals surface area contributed by atoms with Crippen LogP contribution in [0.4, 0.5) is 0 Å². The minimum Gasteiger partial charge on any atom is -0.423 e. The van der Waals surface area contributed by atoms with Crippen LogP contribution in [0.25, 0.3) is 0 Å². The summed E-state index contributed by atoms with van der Waals surface area (Å²) < 4.78 is 5.06. The highest BCUT2D eigenvalue weighted by Gasteiger charge is 2.15. The number of aliphatic hydroxyl groups excluding tert-OH is 1. The molecule has 76 valence electrons. The summed E-state index contributed by atoms with van der Waals surface area (Å²) in [7, 11) is -0.946. The van der Waals surface area contributed by atoms with Gasteiger partial charge in [0.2, 0.25) is 0 Å². The standard InChI is InChI=1S/C9H12BClO3/c11-9-4-2-8(3-5-9)10(13)14-7-1-6-12/h2-5,12-13H,1,6-7H2. The van der Waals surface area contributed by atoms with Gasteiger partial charge in [0.05, 0.1) is 0 Å². The summed E-state index contributed by atoms with van der Waals surface area (Å²) in [4.78, 5) is 0. The Kier molecular flexibility index (Phi) is 4.97. The maximum absolute atomic E-state index is 9.49. The van der Waals surface area contributed by atoms with Crippen molar-refractivity contribution in [1.29, 1.82) is 0 Å². The monoisotopic (exact) mass is 214 g/mol. The lowest BCUT2D eigenvalue weighted by Crippen LogP contribution is -2.33. The second kappa shape index (κ2) is 6.04. The largest absolute Gasteiger partial charge is 0.491 e. The minimum absolute atomic E-state index is 0.0628. The van der Waals surface area contributed by atoms with Gasteiger partial charge >= 0.3 is 7.12 Å². The lowest BCUT2D eigenvalue weighted by Gasteiger charge is -2.07. The van der Waals surface area contributed by atoms with Crippen LogP contribution in [0.15, 0.2) is 24.3 Å². The third-order valence-corrected chi connectivity index (χ3v) is 1.99. The zero-order valence-electron chi connectivity index (χ0n) is 7.69. The first-order valence-corrected chi connectivity index (χ1v) is 4.78. The van der Waals surface area contributed by atoms with Gasteiger partial charge < -0.3 is 14.8 Å². The van der Waals surface area contributed by atoms with Gasteiger partial charge in [-0.25, -0.2) is 0 Å². The van der Waals surface area contributed by atoms with Gasteiger partial charge in [-0.2, -0.15) is 0 Å². The van der Waals surface area contributed by atoms with Gasteiger partial charge in [-0.3, -0.25) is 0 Å². The normalized spacial score (nSPS) is 10.2. The molecule has 5 heteroatoms. The molecule has 0 spiro atoms. The van der Waals surface area contributed by atoms with Crippen LogP contribution in [0.2, 0.25) is 5.02 Å². The summed E-state index contributed by atoms with van der Waals surface area (Å²) in [5.74, 6) is 0. The molecule has 0 atom stereocenters. The molecule has 3 nitrogen and oxygen atoms in total. The number of aliphatic hydroxyl groups is 1. The first-order chi connectivity index (χ1) is 6.74. The van der Waals surface area contributed by atoms with Gasteiger partial charge in [0.25, 0.3) is 0 Å². The van der Waals surface area contributed by atoms with Crippen molar-refractivity contribution in [3.63, 3.8) is 0 Å². The number of rotatable bonds is 5. The van der Waals surface area contributed by atoms with E-state index in [-0.39, 0.29) is 6.61 Å². The zero-order chi connectivity index (χ0) is 10.4. The van der Waals surface area contributed by atoms with Gasteiger partial charge in [0.15, 0.2) is 0 Å². The molecule has 0 radical (unpaired) electrons. The van der Waals surface area contributed by atoms with Gasteiger partial charge in [0, 0.05) is 18.2 Å². The minimum atomic E-state index is -0.946. The quantitative estimate of drug-likeness (QED) is 0.552. The predicted octanol–water partition coefficient (Wildman–Crippen LogP) is 0.426. The van der Waals surface area contributed by atoms with E-state index in [1.54, 1.807) is 24.3 Å². The lowest BCUT2D eigenvalue weighted by atomic mass is 9.80. The molecule has 14 heavy (non-hydrogen) atoms. The molecule has 1 aromatic rings. The van der Waals surface area contributed by atoms with Gasteiger partial charge in [-0.1, -0.05) is 23.7 Å². The predicted molar refractivity (Wildman–Crippen MR) is 56.7 cm³/mol. The number of hydrogen-bond acceptors (Lipinski definition) is 3. The molecule has 0 aliphatic carbocycles. The Morgan fingerprint density at radius 3 is 2.50 bits per heavy atom. The summed E-state index contributed by atoms with van der Waals surface area (Å²) in [5.41, 5.74) is 0.660. The molecular weight excluding hydrogens is 202 g/mol. The second-order valence-electron chi connectivity index (χ2n) is 2.85. The van der Waals surface area contributed by atoms with Crippen LogP contribution in [0.5, 0.6) is 0 Å². The van der Waals surface area contributed by atoms with Crippen molar-refractivity contribution in [3.8, 4) is 0 Å². The SMILES string of the molecule is OCCCOB(O)c1ccc(Cl)cc1. The van der Waals surface area contributed by atoms with Crippen molar-refractivity contribution in [2.45, 2.75) is 6.42 Å². The van der Waals surface area contributed by atoms with Crippen molar-refractivity contribution < 1.29 is 14.8 Å². The van der Waals surface area contributed by atoms with Crippen LogP contribution in [0, 0.1) is 0 Å². The molecule has 0 aliphatic heterocycles. The van der Waals surface area contributed by atoms with E-state index in [0.717, 1.165) is 0 Å². The van der Waals surface area contributed by atoms with E-state index in [2.05, 4.69) is 0 Å². The average Bonchev–Trinajstić information content (AvgIpc) is 2.19. The van der Waals surface area contributed by atoms with Crippen LogP contribution in [-0.2, 0) is 4.65 Å². The molecule has 0 amide bonds. The molecule has 0 saturated carbocycles. The Labute approximate surface area is 88.4 Å².